The van der Waals surface area contributed by atoms with Crippen LogP contribution in [0.5, 0.6) is 0 Å². The van der Waals surface area contributed by atoms with E-state index in [-0.39, 0.29) is 0 Å². The summed E-state index contributed by atoms with van der Waals surface area (Å²) in [4.78, 5) is 4.25. The monoisotopic (exact) mass is 228 g/mol. The van der Waals surface area contributed by atoms with Gasteiger partial charge in [0.15, 0.2) is 5.82 Å². The van der Waals surface area contributed by atoms with Crippen molar-refractivity contribution in [3.8, 4) is 17.5 Å². The standard InChI is InChI=1S/C12H12N4O/c1-2-14-8-11-15-12(17-16-11)10-5-3-9(7-13)4-6-10/h3-6,14H,2,8H2,1H3. The predicted octanol–water partition coefficient (Wildman–Crippen LogP) is 1.72. The molecule has 5 heteroatoms. The van der Waals surface area contributed by atoms with E-state index in [1.807, 2.05) is 6.92 Å². The highest BCUT2D eigenvalue weighted by Gasteiger charge is 2.07. The fourth-order valence-corrected chi connectivity index (χ4v) is 1.37. The fourth-order valence-electron chi connectivity index (χ4n) is 1.37. The maximum atomic E-state index is 8.69. The van der Waals surface area contributed by atoms with Crippen molar-refractivity contribution in [3.05, 3.63) is 35.7 Å². The zero-order valence-corrected chi connectivity index (χ0v) is 9.47. The number of hydrogen-bond acceptors (Lipinski definition) is 5. The summed E-state index contributed by atoms with van der Waals surface area (Å²) in [6.45, 7) is 3.47. The van der Waals surface area contributed by atoms with Crippen LogP contribution >= 0.6 is 0 Å². The fraction of sp³-hybridized carbons (Fsp3) is 0.250. The molecule has 0 atom stereocenters. The first kappa shape index (κ1) is 11.3. The Bertz CT molecular complexity index is 524. The van der Waals surface area contributed by atoms with Crippen LogP contribution in [0, 0.1) is 11.3 Å². The van der Waals surface area contributed by atoms with Gasteiger partial charge in [0.25, 0.3) is 5.89 Å². The Morgan fingerprint density at radius 2 is 2.12 bits per heavy atom. The van der Waals surface area contributed by atoms with Crippen molar-refractivity contribution in [1.82, 2.24) is 15.5 Å². The molecule has 1 N–H and O–H groups in total. The van der Waals surface area contributed by atoms with Gasteiger partial charge in [-0.15, -0.1) is 0 Å². The van der Waals surface area contributed by atoms with E-state index in [0.717, 1.165) is 12.1 Å². The minimum Gasteiger partial charge on any atom is -0.334 e. The summed E-state index contributed by atoms with van der Waals surface area (Å²) >= 11 is 0. The summed E-state index contributed by atoms with van der Waals surface area (Å²) in [6, 6.07) is 9.10. The quantitative estimate of drug-likeness (QED) is 0.862. The average molecular weight is 228 g/mol. The summed E-state index contributed by atoms with van der Waals surface area (Å²) < 4.78 is 5.14. The van der Waals surface area contributed by atoms with Crippen LogP contribution in [0.25, 0.3) is 11.5 Å². The normalized spacial score (nSPS) is 10.1. The van der Waals surface area contributed by atoms with Crippen molar-refractivity contribution >= 4 is 0 Å². The topological polar surface area (TPSA) is 74.7 Å². The van der Waals surface area contributed by atoms with Gasteiger partial charge in [0, 0.05) is 5.56 Å². The lowest BCUT2D eigenvalue weighted by atomic mass is 10.1. The molecule has 0 fully saturated rings. The molecule has 1 aromatic heterocycles. The highest BCUT2D eigenvalue weighted by Crippen LogP contribution is 2.17. The molecule has 86 valence electrons. The Morgan fingerprint density at radius 3 is 2.76 bits per heavy atom. The Hall–Kier alpha value is -2.19. The highest BCUT2D eigenvalue weighted by atomic mass is 16.5. The number of rotatable bonds is 4. The maximum Gasteiger partial charge on any atom is 0.257 e. The SMILES string of the molecule is CCNCc1noc(-c2ccc(C#N)cc2)n1. The number of benzene rings is 1. The van der Waals surface area contributed by atoms with E-state index < -0.39 is 0 Å². The Kier molecular flexibility index (Phi) is 3.48. The predicted molar refractivity (Wildman–Crippen MR) is 61.8 cm³/mol. The molecule has 0 radical (unpaired) electrons. The van der Waals surface area contributed by atoms with E-state index >= 15 is 0 Å². The number of nitrogens with zero attached hydrogens (tertiary/aromatic N) is 3. The molecule has 0 aliphatic heterocycles. The Balaban J connectivity index is 2.16. The molecule has 0 aliphatic carbocycles. The second-order valence-electron chi connectivity index (χ2n) is 3.49. The number of aromatic nitrogens is 2. The van der Waals surface area contributed by atoms with Gasteiger partial charge in [-0.05, 0) is 30.8 Å². The van der Waals surface area contributed by atoms with Gasteiger partial charge in [0.1, 0.15) is 0 Å². The van der Waals surface area contributed by atoms with Crippen molar-refractivity contribution in [2.75, 3.05) is 6.54 Å². The molecule has 0 saturated heterocycles. The van der Waals surface area contributed by atoms with E-state index in [9.17, 15) is 0 Å². The van der Waals surface area contributed by atoms with E-state index in [0.29, 0.717) is 23.8 Å². The minimum atomic E-state index is 0.474. The third-order valence-electron chi connectivity index (χ3n) is 2.26. The van der Waals surface area contributed by atoms with Gasteiger partial charge in [-0.1, -0.05) is 12.1 Å². The van der Waals surface area contributed by atoms with E-state index in [2.05, 4.69) is 21.5 Å². The molecule has 5 nitrogen and oxygen atoms in total. The van der Waals surface area contributed by atoms with Crippen LogP contribution in [0.3, 0.4) is 0 Å². The molecular weight excluding hydrogens is 216 g/mol. The highest BCUT2D eigenvalue weighted by molar-refractivity contribution is 5.54. The molecule has 0 spiro atoms. The van der Waals surface area contributed by atoms with Gasteiger partial charge in [-0.2, -0.15) is 10.2 Å². The summed E-state index contributed by atoms with van der Waals surface area (Å²) in [6.07, 6.45) is 0. The first-order valence-electron chi connectivity index (χ1n) is 5.37. The molecule has 17 heavy (non-hydrogen) atoms. The second-order valence-corrected chi connectivity index (χ2v) is 3.49. The van der Waals surface area contributed by atoms with Crippen molar-refractivity contribution < 1.29 is 4.52 Å². The van der Waals surface area contributed by atoms with Gasteiger partial charge >= 0.3 is 0 Å². The van der Waals surface area contributed by atoms with Crippen molar-refractivity contribution in [1.29, 1.82) is 5.26 Å². The summed E-state index contributed by atoms with van der Waals surface area (Å²) in [5, 5.41) is 15.7. The van der Waals surface area contributed by atoms with Crippen LogP contribution in [0.4, 0.5) is 0 Å². The van der Waals surface area contributed by atoms with Crippen LogP contribution in [-0.4, -0.2) is 16.7 Å². The van der Waals surface area contributed by atoms with Crippen LogP contribution in [0.15, 0.2) is 28.8 Å². The molecule has 1 heterocycles. The zero-order valence-electron chi connectivity index (χ0n) is 9.47. The molecule has 0 amide bonds. The lowest BCUT2D eigenvalue weighted by Crippen LogP contribution is -2.12. The van der Waals surface area contributed by atoms with Gasteiger partial charge in [0.05, 0.1) is 18.2 Å². The van der Waals surface area contributed by atoms with Gasteiger partial charge in [0.2, 0.25) is 0 Å². The summed E-state index contributed by atoms with van der Waals surface area (Å²) in [5.74, 6) is 1.11. The van der Waals surface area contributed by atoms with Crippen LogP contribution in [-0.2, 0) is 6.54 Å². The van der Waals surface area contributed by atoms with Gasteiger partial charge < -0.3 is 9.84 Å². The van der Waals surface area contributed by atoms with Crippen LogP contribution in [0.1, 0.15) is 18.3 Å². The minimum absolute atomic E-state index is 0.474. The smallest absolute Gasteiger partial charge is 0.257 e. The first-order valence-corrected chi connectivity index (χ1v) is 5.37. The maximum absolute atomic E-state index is 8.69. The van der Waals surface area contributed by atoms with E-state index in [1.54, 1.807) is 24.3 Å². The summed E-state index contributed by atoms with van der Waals surface area (Å²) in [5.41, 5.74) is 1.43. The molecule has 0 unspecified atom stereocenters. The molecule has 0 saturated carbocycles. The summed E-state index contributed by atoms with van der Waals surface area (Å²) in [7, 11) is 0. The third-order valence-corrected chi connectivity index (χ3v) is 2.26. The average Bonchev–Trinajstić information content (AvgIpc) is 2.85. The van der Waals surface area contributed by atoms with Crippen molar-refractivity contribution in [2.45, 2.75) is 13.5 Å². The van der Waals surface area contributed by atoms with E-state index in [1.165, 1.54) is 0 Å². The second kappa shape index (κ2) is 5.23. The van der Waals surface area contributed by atoms with Crippen molar-refractivity contribution in [3.63, 3.8) is 0 Å². The van der Waals surface area contributed by atoms with Crippen LogP contribution in [0.2, 0.25) is 0 Å². The lowest BCUT2D eigenvalue weighted by molar-refractivity contribution is 0.420. The number of hydrogen-bond donors (Lipinski definition) is 1. The Morgan fingerprint density at radius 1 is 1.35 bits per heavy atom. The van der Waals surface area contributed by atoms with Crippen molar-refractivity contribution in [2.24, 2.45) is 0 Å². The van der Waals surface area contributed by atoms with Crippen LogP contribution < -0.4 is 5.32 Å². The third kappa shape index (κ3) is 2.68. The van der Waals surface area contributed by atoms with Gasteiger partial charge in [-0.25, -0.2) is 0 Å². The molecule has 0 bridgehead atoms. The number of nitrogens with one attached hydrogen (secondary N) is 1. The molecule has 0 aliphatic rings. The molecule has 2 aromatic rings. The first-order chi connectivity index (χ1) is 8.33. The lowest BCUT2D eigenvalue weighted by Gasteiger charge is -1.94. The number of nitriles is 1. The molecule has 1 aromatic carbocycles. The van der Waals surface area contributed by atoms with E-state index in [4.69, 9.17) is 9.78 Å². The zero-order chi connectivity index (χ0) is 12.1. The van der Waals surface area contributed by atoms with Gasteiger partial charge in [-0.3, -0.25) is 0 Å². The molecule has 2 rings (SSSR count). The Labute approximate surface area is 99.1 Å². The molecular formula is C12H12N4O. The largest absolute Gasteiger partial charge is 0.334 e.